The highest BCUT2D eigenvalue weighted by molar-refractivity contribution is 5.97. The molecule has 8 nitrogen and oxygen atoms in total. The van der Waals surface area contributed by atoms with Crippen LogP contribution in [0.1, 0.15) is 56.9 Å². The van der Waals surface area contributed by atoms with Gasteiger partial charge in [0.15, 0.2) is 17.2 Å². The fourth-order valence-electron chi connectivity index (χ4n) is 3.30. The van der Waals surface area contributed by atoms with Crippen molar-refractivity contribution in [2.75, 3.05) is 13.7 Å². The first-order valence-electron chi connectivity index (χ1n) is 11.2. The average Bonchev–Trinajstić information content (AvgIpc) is 2.82. The van der Waals surface area contributed by atoms with Crippen LogP contribution in [0.3, 0.4) is 0 Å². The van der Waals surface area contributed by atoms with Gasteiger partial charge in [-0.2, -0.15) is 0 Å². The van der Waals surface area contributed by atoms with Gasteiger partial charge in [0.2, 0.25) is 0 Å². The molecule has 0 aliphatic rings. The number of aromatic hydroxyl groups is 1. The SMILES string of the molecule is CCCCC[C@H](OC[C@@](C)(C=O)NC(=O)c1nccc(OC)c1O)[C@@H](C)Oc1ccccc1. The van der Waals surface area contributed by atoms with Crippen molar-refractivity contribution in [1.29, 1.82) is 0 Å². The topological polar surface area (TPSA) is 107 Å². The lowest BCUT2D eigenvalue weighted by Crippen LogP contribution is -2.52. The summed E-state index contributed by atoms with van der Waals surface area (Å²) in [5.41, 5.74) is -1.56. The van der Waals surface area contributed by atoms with Crippen LogP contribution in [0.2, 0.25) is 0 Å². The number of pyridine rings is 1. The second-order valence-corrected chi connectivity index (χ2v) is 8.18. The molecule has 8 heteroatoms. The summed E-state index contributed by atoms with van der Waals surface area (Å²) in [7, 11) is 1.37. The van der Waals surface area contributed by atoms with Gasteiger partial charge in [0.25, 0.3) is 5.91 Å². The van der Waals surface area contributed by atoms with Gasteiger partial charge in [-0.25, -0.2) is 4.98 Å². The third kappa shape index (κ3) is 7.75. The van der Waals surface area contributed by atoms with Crippen LogP contribution < -0.4 is 14.8 Å². The number of methoxy groups -OCH3 is 1. The normalized spacial score (nSPS) is 14.5. The molecule has 2 rings (SSSR count). The van der Waals surface area contributed by atoms with Gasteiger partial charge in [-0.3, -0.25) is 4.79 Å². The van der Waals surface area contributed by atoms with Crippen molar-refractivity contribution in [3.8, 4) is 17.2 Å². The molecule has 0 unspecified atom stereocenters. The molecule has 0 saturated heterocycles. The molecule has 0 spiro atoms. The Balaban J connectivity index is 2.08. The van der Waals surface area contributed by atoms with Crippen molar-refractivity contribution in [1.82, 2.24) is 10.3 Å². The molecule has 1 amide bonds. The van der Waals surface area contributed by atoms with Gasteiger partial charge in [-0.1, -0.05) is 44.4 Å². The predicted molar refractivity (Wildman–Crippen MR) is 125 cm³/mol. The third-order valence-electron chi connectivity index (χ3n) is 5.26. The zero-order valence-corrected chi connectivity index (χ0v) is 19.7. The number of hydrogen-bond acceptors (Lipinski definition) is 7. The van der Waals surface area contributed by atoms with Gasteiger partial charge in [0.05, 0.1) is 19.8 Å². The monoisotopic (exact) mass is 458 g/mol. The predicted octanol–water partition coefficient (Wildman–Crippen LogP) is 3.92. The summed E-state index contributed by atoms with van der Waals surface area (Å²) < 4.78 is 17.2. The number of benzene rings is 1. The van der Waals surface area contributed by atoms with Crippen molar-refractivity contribution >= 4 is 12.2 Å². The number of hydrogen-bond donors (Lipinski definition) is 2. The van der Waals surface area contributed by atoms with Crippen molar-refractivity contribution in [2.45, 2.75) is 64.2 Å². The van der Waals surface area contributed by atoms with Gasteiger partial charge >= 0.3 is 0 Å². The molecule has 180 valence electrons. The van der Waals surface area contributed by atoms with Crippen molar-refractivity contribution < 1.29 is 28.9 Å². The number of ether oxygens (including phenoxy) is 3. The minimum absolute atomic E-state index is 0.0632. The van der Waals surface area contributed by atoms with E-state index in [0.717, 1.165) is 31.4 Å². The van der Waals surface area contributed by atoms with E-state index in [4.69, 9.17) is 14.2 Å². The molecule has 0 radical (unpaired) electrons. The number of para-hydroxylation sites is 1. The maximum absolute atomic E-state index is 12.7. The van der Waals surface area contributed by atoms with E-state index >= 15 is 0 Å². The molecule has 1 aromatic carbocycles. The van der Waals surface area contributed by atoms with Gasteiger partial charge in [0.1, 0.15) is 23.7 Å². The number of aldehydes is 1. The zero-order chi connectivity index (χ0) is 24.3. The third-order valence-corrected chi connectivity index (χ3v) is 5.26. The standard InChI is InChI=1S/C25H34N2O6/c1-5-6-8-13-20(18(2)33-19-11-9-7-10-12-19)32-17-25(3,16-28)27-24(30)22-23(29)21(31-4)14-15-26-22/h7,9-12,14-16,18,20,29H,5-6,8,13,17H2,1-4H3,(H,27,30)/t18-,20+,25-/m1/s1. The Morgan fingerprint density at radius 2 is 1.97 bits per heavy atom. The lowest BCUT2D eigenvalue weighted by Gasteiger charge is -2.30. The van der Waals surface area contributed by atoms with Gasteiger partial charge in [0, 0.05) is 12.3 Å². The summed E-state index contributed by atoms with van der Waals surface area (Å²) in [4.78, 5) is 28.5. The van der Waals surface area contributed by atoms with Crippen LogP contribution in [0.15, 0.2) is 42.6 Å². The van der Waals surface area contributed by atoms with Crippen LogP contribution in [0.4, 0.5) is 0 Å². The average molecular weight is 459 g/mol. The van der Waals surface area contributed by atoms with Crippen molar-refractivity contribution in [3.05, 3.63) is 48.3 Å². The fraction of sp³-hybridized carbons (Fsp3) is 0.480. The second kappa shape index (κ2) is 12.8. The van der Waals surface area contributed by atoms with E-state index in [9.17, 15) is 14.7 Å². The van der Waals surface area contributed by atoms with E-state index in [1.807, 2.05) is 37.3 Å². The maximum Gasteiger partial charge on any atom is 0.274 e. The number of carbonyl (C=O) groups excluding carboxylic acids is 2. The number of unbranched alkanes of at least 4 members (excludes halogenated alkanes) is 2. The Morgan fingerprint density at radius 3 is 2.61 bits per heavy atom. The summed E-state index contributed by atoms with van der Waals surface area (Å²) in [5, 5.41) is 12.8. The van der Waals surface area contributed by atoms with Gasteiger partial charge in [-0.15, -0.1) is 0 Å². The van der Waals surface area contributed by atoms with E-state index < -0.39 is 17.2 Å². The molecule has 3 atom stereocenters. The summed E-state index contributed by atoms with van der Waals surface area (Å²) in [6, 6.07) is 10.9. The van der Waals surface area contributed by atoms with Crippen LogP contribution in [0.5, 0.6) is 17.2 Å². The van der Waals surface area contributed by atoms with Crippen LogP contribution in [0.25, 0.3) is 0 Å². The van der Waals surface area contributed by atoms with Crippen LogP contribution >= 0.6 is 0 Å². The Bertz CT molecular complexity index is 892. The van der Waals surface area contributed by atoms with Crippen LogP contribution in [0, 0.1) is 0 Å². The largest absolute Gasteiger partial charge is 0.503 e. The molecule has 0 aliphatic carbocycles. The summed E-state index contributed by atoms with van der Waals surface area (Å²) >= 11 is 0. The van der Waals surface area contributed by atoms with Crippen LogP contribution in [-0.2, 0) is 9.53 Å². The molecular weight excluding hydrogens is 424 g/mol. The minimum Gasteiger partial charge on any atom is -0.503 e. The smallest absolute Gasteiger partial charge is 0.274 e. The minimum atomic E-state index is -1.33. The molecule has 33 heavy (non-hydrogen) atoms. The Hall–Kier alpha value is -3.13. The summed E-state index contributed by atoms with van der Waals surface area (Å²) in [5.74, 6) is -0.253. The molecule has 2 N–H and O–H groups in total. The van der Waals surface area contributed by atoms with Gasteiger partial charge in [-0.05, 0) is 32.4 Å². The highest BCUT2D eigenvalue weighted by Crippen LogP contribution is 2.28. The number of rotatable bonds is 14. The number of amides is 1. The fourth-order valence-corrected chi connectivity index (χ4v) is 3.30. The highest BCUT2D eigenvalue weighted by atomic mass is 16.5. The van der Waals surface area contributed by atoms with E-state index in [1.165, 1.54) is 19.4 Å². The quantitative estimate of drug-likeness (QED) is 0.326. The molecule has 1 aromatic heterocycles. The first-order chi connectivity index (χ1) is 15.8. The molecule has 0 aliphatic heterocycles. The van der Waals surface area contributed by atoms with Crippen LogP contribution in [-0.4, -0.2) is 53.7 Å². The van der Waals surface area contributed by atoms with Crippen molar-refractivity contribution in [2.24, 2.45) is 0 Å². The number of carbonyl (C=O) groups is 2. The van der Waals surface area contributed by atoms with E-state index in [-0.39, 0.29) is 30.3 Å². The molecule has 0 saturated carbocycles. The first kappa shape index (κ1) is 26.1. The molecular formula is C25H34N2O6. The molecule has 1 heterocycles. The zero-order valence-electron chi connectivity index (χ0n) is 19.7. The maximum atomic E-state index is 12.7. The lowest BCUT2D eigenvalue weighted by atomic mass is 10.0. The first-order valence-corrected chi connectivity index (χ1v) is 11.2. The second-order valence-electron chi connectivity index (χ2n) is 8.18. The number of aromatic nitrogens is 1. The van der Waals surface area contributed by atoms with E-state index in [2.05, 4.69) is 17.2 Å². The van der Waals surface area contributed by atoms with Gasteiger partial charge < -0.3 is 29.4 Å². The lowest BCUT2D eigenvalue weighted by molar-refractivity contribution is -0.117. The van der Waals surface area contributed by atoms with E-state index in [0.29, 0.717) is 6.29 Å². The van der Waals surface area contributed by atoms with E-state index in [1.54, 1.807) is 6.92 Å². The molecule has 2 aromatic rings. The Morgan fingerprint density at radius 1 is 1.24 bits per heavy atom. The highest BCUT2D eigenvalue weighted by Gasteiger charge is 2.31. The number of nitrogens with one attached hydrogen (secondary N) is 1. The summed E-state index contributed by atoms with van der Waals surface area (Å²) in [6.45, 7) is 5.55. The summed E-state index contributed by atoms with van der Waals surface area (Å²) in [6.07, 6.45) is 5.25. The van der Waals surface area contributed by atoms with Crippen molar-refractivity contribution in [3.63, 3.8) is 0 Å². The molecule has 0 bridgehead atoms. The Kier molecular flexibility index (Phi) is 10.1. The Labute approximate surface area is 195 Å². The molecule has 0 fully saturated rings. The number of nitrogens with zero attached hydrogens (tertiary/aromatic N) is 1.